The maximum absolute atomic E-state index is 4.98. The van der Waals surface area contributed by atoms with E-state index in [1.54, 1.807) is 34.0 Å². The summed E-state index contributed by atoms with van der Waals surface area (Å²) in [6, 6.07) is 47.4. The van der Waals surface area contributed by atoms with Crippen LogP contribution in [0, 0.1) is 0 Å². The molecule has 0 unspecified atom stereocenters. The molecule has 0 saturated carbocycles. The van der Waals surface area contributed by atoms with Crippen LogP contribution in [-0.4, -0.2) is 19.5 Å². The van der Waals surface area contributed by atoms with Crippen molar-refractivity contribution in [3.8, 4) is 37.4 Å². The van der Waals surface area contributed by atoms with Crippen molar-refractivity contribution in [1.29, 1.82) is 0 Å². The number of benzene rings is 6. The molecule has 10 rings (SSSR count). The number of hydrogen-bond donors (Lipinski definition) is 0. The molecule has 7 heteroatoms. The Labute approximate surface area is 275 Å². The molecule has 4 heterocycles. The third-order valence-corrected chi connectivity index (χ3v) is 11.8. The minimum Gasteiger partial charge on any atom is -0.309 e. The molecule has 0 aliphatic heterocycles. The van der Waals surface area contributed by atoms with E-state index in [1.807, 2.05) is 18.2 Å². The van der Waals surface area contributed by atoms with Crippen molar-refractivity contribution in [1.82, 2.24) is 19.5 Å². The first-order valence-electron chi connectivity index (χ1n) is 15.0. The molecular formula is C39H22N4S3. The lowest BCUT2D eigenvalue weighted by atomic mass is 10.1. The number of nitrogens with zero attached hydrogens (tertiary/aromatic N) is 4. The number of thiazole rings is 3. The first-order chi connectivity index (χ1) is 22.7. The van der Waals surface area contributed by atoms with Crippen LogP contribution in [0.5, 0.6) is 0 Å². The van der Waals surface area contributed by atoms with Gasteiger partial charge in [-0.1, -0.05) is 36.4 Å². The molecule has 0 spiro atoms. The monoisotopic (exact) mass is 642 g/mol. The second-order valence-electron chi connectivity index (χ2n) is 11.3. The van der Waals surface area contributed by atoms with E-state index in [9.17, 15) is 0 Å². The molecule has 0 N–H and O–H groups in total. The van der Waals surface area contributed by atoms with Crippen molar-refractivity contribution in [2.24, 2.45) is 0 Å². The molecule has 4 nitrogen and oxygen atoms in total. The molecule has 0 amide bonds. The summed E-state index contributed by atoms with van der Waals surface area (Å²) in [5.74, 6) is 0. The number of fused-ring (bicyclic) bond motifs is 6. The van der Waals surface area contributed by atoms with Gasteiger partial charge in [-0.3, -0.25) is 0 Å². The summed E-state index contributed by atoms with van der Waals surface area (Å²) in [5, 5.41) is 5.50. The predicted octanol–water partition coefficient (Wildman–Crippen LogP) is 11.6. The van der Waals surface area contributed by atoms with E-state index >= 15 is 0 Å². The number of hydrogen-bond acceptors (Lipinski definition) is 6. The van der Waals surface area contributed by atoms with Gasteiger partial charge in [0.2, 0.25) is 0 Å². The molecule has 216 valence electrons. The molecule has 6 aromatic carbocycles. The van der Waals surface area contributed by atoms with Crippen LogP contribution in [0.15, 0.2) is 133 Å². The Balaban J connectivity index is 1.16. The van der Waals surface area contributed by atoms with Gasteiger partial charge in [-0.05, 0) is 97.1 Å². The number of para-hydroxylation sites is 3. The summed E-state index contributed by atoms with van der Waals surface area (Å²) in [5.41, 5.74) is 9.94. The van der Waals surface area contributed by atoms with Crippen LogP contribution in [0.4, 0.5) is 0 Å². The Morgan fingerprint density at radius 2 is 0.783 bits per heavy atom. The fraction of sp³-hybridized carbons (Fsp3) is 0. The minimum absolute atomic E-state index is 1.03. The average Bonchev–Trinajstić information content (AvgIpc) is 3.90. The lowest BCUT2D eigenvalue weighted by Gasteiger charge is -2.09. The van der Waals surface area contributed by atoms with E-state index in [2.05, 4.69) is 120 Å². The van der Waals surface area contributed by atoms with E-state index in [1.165, 1.54) is 24.9 Å². The standard InChI is InChI=1S/C39H22N4S3/c1-4-10-34-29(7-1)40-37(44-34)23-13-17-26(18-14-23)43-32-19-15-24(38-41-30-8-2-5-11-35(30)45-38)21-27(32)28-22-25(16-20-33(28)43)39-42-31-9-3-6-12-36(31)46-39/h1-22H. The van der Waals surface area contributed by atoms with Gasteiger partial charge in [0, 0.05) is 33.2 Å². The highest BCUT2D eigenvalue weighted by Crippen LogP contribution is 2.40. The first-order valence-corrected chi connectivity index (χ1v) is 17.5. The lowest BCUT2D eigenvalue weighted by Crippen LogP contribution is -1.94. The van der Waals surface area contributed by atoms with Crippen LogP contribution in [0.25, 0.3) is 89.9 Å². The Morgan fingerprint density at radius 3 is 1.22 bits per heavy atom. The highest BCUT2D eigenvalue weighted by molar-refractivity contribution is 7.22. The van der Waals surface area contributed by atoms with Crippen LogP contribution in [-0.2, 0) is 0 Å². The molecular weight excluding hydrogens is 621 g/mol. The van der Waals surface area contributed by atoms with Crippen molar-refractivity contribution >= 4 is 86.5 Å². The van der Waals surface area contributed by atoms with Gasteiger partial charge in [0.25, 0.3) is 0 Å². The molecule has 0 fully saturated rings. The minimum atomic E-state index is 1.03. The quantitative estimate of drug-likeness (QED) is 0.192. The van der Waals surface area contributed by atoms with Crippen LogP contribution in [0.2, 0.25) is 0 Å². The molecule has 0 saturated heterocycles. The van der Waals surface area contributed by atoms with E-state index in [0.717, 1.165) is 65.0 Å². The Bertz CT molecular complexity index is 2530. The van der Waals surface area contributed by atoms with Crippen molar-refractivity contribution in [3.63, 3.8) is 0 Å². The van der Waals surface area contributed by atoms with Gasteiger partial charge in [0.15, 0.2) is 0 Å². The summed E-state index contributed by atoms with van der Waals surface area (Å²) < 4.78 is 5.98. The SMILES string of the molecule is c1ccc2sc(-c3ccc(-n4c5ccc(-c6nc7ccccc7s6)cc5c5cc(-c6nc7ccccc7s6)ccc54)cc3)nc2c1. The summed E-state index contributed by atoms with van der Waals surface area (Å²) in [6.07, 6.45) is 0. The van der Waals surface area contributed by atoms with Crippen molar-refractivity contribution in [2.45, 2.75) is 0 Å². The largest absolute Gasteiger partial charge is 0.309 e. The molecule has 0 aliphatic carbocycles. The lowest BCUT2D eigenvalue weighted by molar-refractivity contribution is 1.18. The van der Waals surface area contributed by atoms with Gasteiger partial charge in [0.1, 0.15) is 15.0 Å². The highest BCUT2D eigenvalue weighted by Gasteiger charge is 2.17. The molecule has 0 atom stereocenters. The molecule has 0 radical (unpaired) electrons. The zero-order chi connectivity index (χ0) is 30.2. The fourth-order valence-corrected chi connectivity index (χ4v) is 9.20. The summed E-state index contributed by atoms with van der Waals surface area (Å²) in [7, 11) is 0. The van der Waals surface area contributed by atoms with E-state index in [-0.39, 0.29) is 0 Å². The third kappa shape index (κ3) is 4.13. The van der Waals surface area contributed by atoms with E-state index < -0.39 is 0 Å². The summed E-state index contributed by atoms with van der Waals surface area (Å²) >= 11 is 5.21. The first kappa shape index (κ1) is 26.1. The zero-order valence-corrected chi connectivity index (χ0v) is 26.7. The maximum Gasteiger partial charge on any atom is 0.124 e. The number of rotatable bonds is 4. The topological polar surface area (TPSA) is 43.6 Å². The Hall–Kier alpha value is -5.21. The van der Waals surface area contributed by atoms with Gasteiger partial charge < -0.3 is 4.57 Å². The van der Waals surface area contributed by atoms with Crippen LogP contribution in [0.1, 0.15) is 0 Å². The van der Waals surface area contributed by atoms with Crippen molar-refractivity contribution in [2.75, 3.05) is 0 Å². The Morgan fingerprint density at radius 1 is 0.391 bits per heavy atom. The molecule has 0 bridgehead atoms. The Kier molecular flexibility index (Phi) is 5.75. The van der Waals surface area contributed by atoms with E-state index in [0.29, 0.717) is 0 Å². The van der Waals surface area contributed by atoms with Crippen LogP contribution >= 0.6 is 34.0 Å². The molecule has 4 aromatic heterocycles. The smallest absolute Gasteiger partial charge is 0.124 e. The summed E-state index contributed by atoms with van der Waals surface area (Å²) in [6.45, 7) is 0. The molecule has 10 aromatic rings. The average molecular weight is 643 g/mol. The van der Waals surface area contributed by atoms with Crippen LogP contribution < -0.4 is 0 Å². The van der Waals surface area contributed by atoms with Gasteiger partial charge in [-0.15, -0.1) is 34.0 Å². The third-order valence-electron chi connectivity index (χ3n) is 8.51. The van der Waals surface area contributed by atoms with E-state index in [4.69, 9.17) is 15.0 Å². The zero-order valence-electron chi connectivity index (χ0n) is 24.2. The van der Waals surface area contributed by atoms with Gasteiger partial charge in [-0.25, -0.2) is 15.0 Å². The van der Waals surface area contributed by atoms with Gasteiger partial charge in [0.05, 0.1) is 41.7 Å². The fourth-order valence-electron chi connectivity index (χ4n) is 6.31. The van der Waals surface area contributed by atoms with Gasteiger partial charge in [-0.2, -0.15) is 0 Å². The van der Waals surface area contributed by atoms with Crippen molar-refractivity contribution in [3.05, 3.63) is 133 Å². The number of aromatic nitrogens is 4. The normalized spacial score (nSPS) is 11.9. The summed E-state index contributed by atoms with van der Waals surface area (Å²) in [4.78, 5) is 14.8. The second kappa shape index (κ2) is 10.2. The van der Waals surface area contributed by atoms with Gasteiger partial charge >= 0.3 is 0 Å². The molecule has 46 heavy (non-hydrogen) atoms. The predicted molar refractivity (Wildman–Crippen MR) is 197 cm³/mol. The van der Waals surface area contributed by atoms with Crippen molar-refractivity contribution < 1.29 is 0 Å². The second-order valence-corrected chi connectivity index (χ2v) is 14.4. The highest BCUT2D eigenvalue weighted by atomic mass is 32.1. The van der Waals surface area contributed by atoms with Crippen LogP contribution in [0.3, 0.4) is 0 Å². The maximum atomic E-state index is 4.98. The molecule has 0 aliphatic rings.